The zero-order valence-electron chi connectivity index (χ0n) is 14.6. The van der Waals surface area contributed by atoms with Crippen molar-refractivity contribution < 1.29 is 14.3 Å². The van der Waals surface area contributed by atoms with E-state index in [1.807, 2.05) is 30.3 Å². The molecule has 4 nitrogen and oxygen atoms in total. The first-order chi connectivity index (χ1) is 12.7. The highest BCUT2D eigenvalue weighted by Crippen LogP contribution is 2.42. The summed E-state index contributed by atoms with van der Waals surface area (Å²) in [7, 11) is 0. The average Bonchev–Trinajstić information content (AvgIpc) is 3.18. The summed E-state index contributed by atoms with van der Waals surface area (Å²) < 4.78 is 12.4. The van der Waals surface area contributed by atoms with E-state index in [1.165, 1.54) is 0 Å². The third kappa shape index (κ3) is 3.20. The maximum Gasteiger partial charge on any atom is 0.230 e. The summed E-state index contributed by atoms with van der Waals surface area (Å²) in [5.41, 5.74) is 1.64. The smallest absolute Gasteiger partial charge is 0.230 e. The van der Waals surface area contributed by atoms with Crippen LogP contribution in [0.3, 0.4) is 0 Å². The SMILES string of the molecule is O=C(NCc1cccc2c1OCCO2)C1(c2ccc(Br)cc2)CCCC1. The van der Waals surface area contributed by atoms with E-state index >= 15 is 0 Å². The number of carbonyl (C=O) groups excluding carboxylic acids is 1. The van der Waals surface area contributed by atoms with Gasteiger partial charge in [0.05, 0.1) is 5.41 Å². The molecule has 0 atom stereocenters. The van der Waals surface area contributed by atoms with Gasteiger partial charge in [0.25, 0.3) is 0 Å². The number of rotatable bonds is 4. The van der Waals surface area contributed by atoms with Crippen LogP contribution < -0.4 is 14.8 Å². The van der Waals surface area contributed by atoms with Crippen molar-refractivity contribution in [2.24, 2.45) is 0 Å². The fraction of sp³-hybridized carbons (Fsp3) is 0.381. The first-order valence-electron chi connectivity index (χ1n) is 9.11. The second kappa shape index (κ2) is 7.31. The molecule has 1 saturated carbocycles. The molecule has 1 aliphatic carbocycles. The second-order valence-corrected chi connectivity index (χ2v) is 7.84. The molecule has 1 aliphatic heterocycles. The highest BCUT2D eigenvalue weighted by molar-refractivity contribution is 9.10. The molecular weight excluding hydrogens is 394 g/mol. The molecule has 2 aromatic rings. The van der Waals surface area contributed by atoms with Crippen LogP contribution >= 0.6 is 15.9 Å². The van der Waals surface area contributed by atoms with E-state index in [1.54, 1.807) is 0 Å². The molecule has 5 heteroatoms. The Kier molecular flexibility index (Phi) is 4.90. The van der Waals surface area contributed by atoms with Crippen molar-refractivity contribution in [3.63, 3.8) is 0 Å². The van der Waals surface area contributed by atoms with Gasteiger partial charge >= 0.3 is 0 Å². The van der Waals surface area contributed by atoms with Crippen LogP contribution in [0.5, 0.6) is 11.5 Å². The van der Waals surface area contributed by atoms with Gasteiger partial charge in [0.2, 0.25) is 5.91 Å². The molecule has 1 heterocycles. The predicted molar refractivity (Wildman–Crippen MR) is 104 cm³/mol. The molecule has 136 valence electrons. The van der Waals surface area contributed by atoms with Crippen LogP contribution in [-0.2, 0) is 16.8 Å². The van der Waals surface area contributed by atoms with Crippen molar-refractivity contribution in [1.29, 1.82) is 0 Å². The molecular formula is C21H22BrNO3. The monoisotopic (exact) mass is 415 g/mol. The first-order valence-corrected chi connectivity index (χ1v) is 9.90. The highest BCUT2D eigenvalue weighted by atomic mass is 79.9. The van der Waals surface area contributed by atoms with Gasteiger partial charge in [-0.25, -0.2) is 0 Å². The zero-order valence-corrected chi connectivity index (χ0v) is 16.2. The lowest BCUT2D eigenvalue weighted by Crippen LogP contribution is -2.42. The Hall–Kier alpha value is -2.01. The van der Waals surface area contributed by atoms with Crippen molar-refractivity contribution in [2.75, 3.05) is 13.2 Å². The number of ether oxygens (including phenoxy) is 2. The highest BCUT2D eigenvalue weighted by Gasteiger charge is 2.42. The molecule has 1 fully saturated rings. The maximum atomic E-state index is 13.2. The number of benzene rings is 2. The van der Waals surface area contributed by atoms with E-state index in [0.717, 1.165) is 52.8 Å². The molecule has 0 spiro atoms. The van der Waals surface area contributed by atoms with E-state index in [2.05, 4.69) is 33.4 Å². The fourth-order valence-electron chi connectivity index (χ4n) is 4.01. The Labute approximate surface area is 162 Å². The number of carbonyl (C=O) groups is 1. The first kappa shape index (κ1) is 17.4. The third-order valence-corrected chi connectivity index (χ3v) is 5.90. The molecule has 0 radical (unpaired) electrons. The number of hydrogen-bond acceptors (Lipinski definition) is 3. The quantitative estimate of drug-likeness (QED) is 0.807. The van der Waals surface area contributed by atoms with E-state index in [4.69, 9.17) is 9.47 Å². The number of amides is 1. The molecule has 4 rings (SSSR count). The third-order valence-electron chi connectivity index (χ3n) is 5.38. The van der Waals surface area contributed by atoms with Gasteiger partial charge in [-0.05, 0) is 36.6 Å². The van der Waals surface area contributed by atoms with Crippen LogP contribution in [0.25, 0.3) is 0 Å². The number of hydrogen-bond donors (Lipinski definition) is 1. The number of halogens is 1. The van der Waals surface area contributed by atoms with Gasteiger partial charge in [-0.15, -0.1) is 0 Å². The van der Waals surface area contributed by atoms with Gasteiger partial charge in [-0.3, -0.25) is 4.79 Å². The van der Waals surface area contributed by atoms with Gasteiger partial charge in [0.15, 0.2) is 11.5 Å². The van der Waals surface area contributed by atoms with Gasteiger partial charge in [0.1, 0.15) is 13.2 Å². The number of para-hydroxylation sites is 1. The zero-order chi connectivity index (χ0) is 18.0. The molecule has 2 aliphatic rings. The Morgan fingerprint density at radius 1 is 1.04 bits per heavy atom. The summed E-state index contributed by atoms with van der Waals surface area (Å²) in [6.45, 7) is 1.56. The topological polar surface area (TPSA) is 47.6 Å². The van der Waals surface area contributed by atoms with Crippen LogP contribution in [0.15, 0.2) is 46.9 Å². The minimum atomic E-state index is -0.424. The van der Waals surface area contributed by atoms with E-state index < -0.39 is 5.41 Å². The van der Waals surface area contributed by atoms with Crippen molar-refractivity contribution in [2.45, 2.75) is 37.6 Å². The molecule has 0 bridgehead atoms. The largest absolute Gasteiger partial charge is 0.486 e. The number of nitrogens with one attached hydrogen (secondary N) is 1. The van der Waals surface area contributed by atoms with Crippen LogP contribution in [-0.4, -0.2) is 19.1 Å². The summed E-state index contributed by atoms with van der Waals surface area (Å²) in [4.78, 5) is 13.2. The van der Waals surface area contributed by atoms with Crippen LogP contribution in [0.4, 0.5) is 0 Å². The van der Waals surface area contributed by atoms with Crippen molar-refractivity contribution in [3.05, 3.63) is 58.1 Å². The van der Waals surface area contributed by atoms with E-state index in [0.29, 0.717) is 19.8 Å². The summed E-state index contributed by atoms with van der Waals surface area (Å²) in [5, 5.41) is 3.16. The number of fused-ring (bicyclic) bond motifs is 1. The Balaban J connectivity index is 1.54. The van der Waals surface area contributed by atoms with Crippen molar-refractivity contribution in [3.8, 4) is 11.5 Å². The summed E-state index contributed by atoms with van der Waals surface area (Å²) >= 11 is 3.48. The van der Waals surface area contributed by atoms with E-state index in [-0.39, 0.29) is 5.91 Å². The van der Waals surface area contributed by atoms with Crippen LogP contribution in [0.2, 0.25) is 0 Å². The molecule has 1 N–H and O–H groups in total. The van der Waals surface area contributed by atoms with Gasteiger partial charge in [-0.1, -0.05) is 53.0 Å². The Bertz CT molecular complexity index is 797. The lowest BCUT2D eigenvalue weighted by atomic mass is 9.78. The van der Waals surface area contributed by atoms with Gasteiger partial charge < -0.3 is 14.8 Å². The van der Waals surface area contributed by atoms with Crippen LogP contribution in [0.1, 0.15) is 36.8 Å². The van der Waals surface area contributed by atoms with Crippen LogP contribution in [0, 0.1) is 0 Å². The maximum absolute atomic E-state index is 13.2. The standard InChI is InChI=1S/C21H22BrNO3/c22-17-8-6-16(7-9-17)21(10-1-2-11-21)20(24)23-14-15-4-3-5-18-19(15)26-13-12-25-18/h3-9H,1-2,10-14H2,(H,23,24). The molecule has 1 amide bonds. The fourth-order valence-corrected chi connectivity index (χ4v) is 4.28. The molecule has 0 saturated heterocycles. The minimum absolute atomic E-state index is 0.103. The summed E-state index contributed by atoms with van der Waals surface area (Å²) in [5.74, 6) is 1.61. The van der Waals surface area contributed by atoms with Gasteiger partial charge in [-0.2, -0.15) is 0 Å². The predicted octanol–water partition coefficient (Wildman–Crippen LogP) is 4.35. The average molecular weight is 416 g/mol. The van der Waals surface area contributed by atoms with E-state index in [9.17, 15) is 4.79 Å². The molecule has 0 unspecified atom stereocenters. The molecule has 0 aromatic heterocycles. The summed E-state index contributed by atoms with van der Waals surface area (Å²) in [6.07, 6.45) is 3.96. The lowest BCUT2D eigenvalue weighted by molar-refractivity contribution is -0.126. The minimum Gasteiger partial charge on any atom is -0.486 e. The Morgan fingerprint density at radius 3 is 2.54 bits per heavy atom. The summed E-state index contributed by atoms with van der Waals surface area (Å²) in [6, 6.07) is 14.0. The normalized spacial score (nSPS) is 17.7. The van der Waals surface area contributed by atoms with Crippen molar-refractivity contribution >= 4 is 21.8 Å². The molecule has 26 heavy (non-hydrogen) atoms. The lowest BCUT2D eigenvalue weighted by Gasteiger charge is -2.29. The van der Waals surface area contributed by atoms with Crippen molar-refractivity contribution in [1.82, 2.24) is 5.32 Å². The Morgan fingerprint density at radius 2 is 1.77 bits per heavy atom. The van der Waals surface area contributed by atoms with Gasteiger partial charge in [0, 0.05) is 16.6 Å². The molecule has 2 aromatic carbocycles. The second-order valence-electron chi connectivity index (χ2n) is 6.92.